The molecule has 81 heavy (non-hydrogen) atoms. The van der Waals surface area contributed by atoms with Gasteiger partial charge in [0.15, 0.2) is 49.8 Å². The smallest absolute Gasteiger partial charge is 0.582 e. The number of hydrogen-bond acceptors (Lipinski definition) is 12. The van der Waals surface area contributed by atoms with Crippen LogP contribution >= 0.6 is 0 Å². The molecule has 0 saturated carbocycles. The van der Waals surface area contributed by atoms with Crippen LogP contribution in [0.3, 0.4) is 0 Å². The Morgan fingerprint density at radius 1 is 0.457 bits per heavy atom. The summed E-state index contributed by atoms with van der Waals surface area (Å²) < 4.78 is 78.8. The van der Waals surface area contributed by atoms with E-state index in [-0.39, 0.29) is 0 Å². The SMILES string of the molecule is CCCC[S+]([O-])c1cccc2c1C1=NC/2=N\c2c3c(CC[S+]([O-])CC)cccc3c3n2[Si](O[Si](CC)(CC)CC)(O[Si](CC)(CC)CC)n2/c(c4cccc([S+]([O-])CCCC)c4/c2=N/C2=NC(=N\3)/c3c(CC[S+]([O-])CC)cccc32)=N\1. The topological polar surface area (TPSA) is 195 Å². The quantitative estimate of drug-likeness (QED) is 0.0383. The van der Waals surface area contributed by atoms with Crippen LogP contribution in [-0.2, 0) is 65.8 Å². The molecule has 0 fully saturated rings. The molecular formula is C60H78N8O6S4Si3. The molecule has 6 heterocycles. The second kappa shape index (κ2) is 25.3. The minimum absolute atomic E-state index is 0.361. The van der Waals surface area contributed by atoms with E-state index in [1.807, 2.05) is 56.3 Å². The third kappa shape index (κ3) is 10.8. The lowest BCUT2D eigenvalue weighted by Crippen LogP contribution is -2.71. The molecule has 0 radical (unpaired) electrons. The number of aliphatic imine (C=N–C) groups is 4. The normalized spacial score (nSPS) is 18.8. The average Bonchev–Trinajstić information content (AvgIpc) is 1.91. The molecule has 2 aromatic heterocycles. The second-order valence-electron chi connectivity index (χ2n) is 21.4. The highest BCUT2D eigenvalue weighted by molar-refractivity contribution is 7.92. The Kier molecular flexibility index (Phi) is 18.8. The van der Waals surface area contributed by atoms with Crippen molar-refractivity contribution in [2.45, 2.75) is 154 Å². The van der Waals surface area contributed by atoms with E-state index in [1.165, 1.54) is 0 Å². The monoisotopic (exact) mass is 1220 g/mol. The third-order valence-electron chi connectivity index (χ3n) is 17.2. The van der Waals surface area contributed by atoms with Crippen molar-refractivity contribution in [3.63, 3.8) is 0 Å². The van der Waals surface area contributed by atoms with Gasteiger partial charge in [-0.2, -0.15) is 0 Å². The molecule has 4 aromatic carbocycles. The van der Waals surface area contributed by atoms with Gasteiger partial charge in [-0.15, -0.1) is 0 Å². The van der Waals surface area contributed by atoms with E-state index in [0.717, 1.165) is 95.0 Å². The zero-order valence-corrected chi connectivity index (χ0v) is 55.1. The number of nitrogens with zero attached hydrogens (tertiary/aromatic N) is 8. The highest BCUT2D eigenvalue weighted by Gasteiger charge is 2.60. The Labute approximate surface area is 493 Å². The summed E-state index contributed by atoms with van der Waals surface area (Å²) in [6.45, 7) is 21.6. The summed E-state index contributed by atoms with van der Waals surface area (Å²) >= 11 is -5.04. The summed E-state index contributed by atoms with van der Waals surface area (Å²) in [6, 6.07) is 29.0. The number of hydrogen-bond donors (Lipinski definition) is 0. The van der Waals surface area contributed by atoms with Gasteiger partial charge in [-0.1, -0.05) is 151 Å². The van der Waals surface area contributed by atoms with Gasteiger partial charge >= 0.3 is 8.88 Å². The summed E-state index contributed by atoms with van der Waals surface area (Å²) in [4.78, 5) is 35.8. The van der Waals surface area contributed by atoms with Gasteiger partial charge in [0.1, 0.15) is 57.1 Å². The highest BCUT2D eigenvalue weighted by Crippen LogP contribution is 2.48. The molecule has 4 aliphatic heterocycles. The number of amidine groups is 4. The van der Waals surface area contributed by atoms with E-state index in [0.29, 0.717) is 125 Å². The Hall–Kier alpha value is -3.95. The number of aryl methyl sites for hydroxylation is 2. The van der Waals surface area contributed by atoms with E-state index < -0.39 is 70.2 Å². The maximum atomic E-state index is 15.3. The zero-order chi connectivity index (χ0) is 57.4. The Balaban J connectivity index is 1.54. The van der Waals surface area contributed by atoms with Gasteiger partial charge in [-0.25, -0.2) is 30.0 Å². The molecule has 4 unspecified atom stereocenters. The first-order valence-corrected chi connectivity index (χ1v) is 41.9. The van der Waals surface area contributed by atoms with Gasteiger partial charge in [0.2, 0.25) is 0 Å². The summed E-state index contributed by atoms with van der Waals surface area (Å²) in [7, 11) is -10.5. The zero-order valence-electron chi connectivity index (χ0n) is 48.8. The number of rotatable bonds is 26. The van der Waals surface area contributed by atoms with E-state index in [1.54, 1.807) is 0 Å². The molecular weight excluding hydrogens is 1140 g/mol. The van der Waals surface area contributed by atoms with Gasteiger partial charge in [-0.05, 0) is 109 Å². The molecule has 14 nitrogen and oxygen atoms in total. The second-order valence-corrected chi connectivity index (χ2v) is 40.8. The van der Waals surface area contributed by atoms with E-state index in [2.05, 4.69) is 94.2 Å². The number of unbranched alkanes of at least 4 members (excludes halogenated alkanes) is 2. The molecule has 0 N–H and O–H groups in total. The predicted octanol–water partition coefficient (Wildman–Crippen LogP) is 11.9. The van der Waals surface area contributed by atoms with E-state index >= 15 is 4.55 Å². The minimum Gasteiger partial charge on any atom is -0.616 e. The fraction of sp³-hybridized carbons (Fsp3) is 0.467. The summed E-state index contributed by atoms with van der Waals surface area (Å²) in [5.41, 5.74) is 5.80. The molecule has 0 amide bonds. The van der Waals surface area contributed by atoms with Crippen LogP contribution in [0.2, 0.25) is 36.3 Å². The van der Waals surface area contributed by atoms with Crippen molar-refractivity contribution in [3.05, 3.63) is 117 Å². The van der Waals surface area contributed by atoms with Crippen LogP contribution in [0.4, 0.5) is 11.6 Å². The lowest BCUT2D eigenvalue weighted by Gasteiger charge is -2.45. The van der Waals surface area contributed by atoms with Crippen molar-refractivity contribution in [2.24, 2.45) is 30.0 Å². The van der Waals surface area contributed by atoms with Crippen LogP contribution in [0, 0.1) is 0 Å². The number of aromatic nitrogens is 2. The molecule has 21 heteroatoms. The summed E-state index contributed by atoms with van der Waals surface area (Å²) in [5.74, 6) is 5.60. The standard InChI is InChI=1S/C60H78N8O6S4Si3/c1-11-21-37-77(71)47-33-25-30-44-51(47)56-62-54(44)63-59-50-42(36-40-76(70)14-4)28-24-31-45(50)57-65-55-49-41(35-39-75(69)13-3)27-23-29-43(49)53(61-55)64-60-52-46(32-26-34-48(52)78(72)38-22-12-2)58(66-56)68(60)81(67(57)59,73-79(15-5,16-6)17-7)74-80(18-8,19-9)20-10/h23-34H,11-22,35-40H2,1-10H3/b63-54-,63-59?,64-53?,64-60-,65-55-,65-57?,66-56?,66-58-. The molecule has 0 spiro atoms. The van der Waals surface area contributed by atoms with Crippen molar-refractivity contribution in [2.75, 3.05) is 34.5 Å². The molecule has 10 rings (SSSR count). The van der Waals surface area contributed by atoms with Crippen LogP contribution in [0.25, 0.3) is 21.5 Å². The molecule has 6 bridgehead atoms. The van der Waals surface area contributed by atoms with Crippen molar-refractivity contribution < 1.29 is 26.4 Å². The lowest BCUT2D eigenvalue weighted by molar-refractivity contribution is 0.326. The van der Waals surface area contributed by atoms with Crippen LogP contribution in [-0.4, -0.2) is 110 Å². The van der Waals surface area contributed by atoms with Gasteiger partial charge < -0.3 is 26.4 Å². The molecule has 0 aliphatic carbocycles. The maximum absolute atomic E-state index is 15.3. The highest BCUT2D eigenvalue weighted by atomic mass is 32.2. The first kappa shape index (κ1) is 60.2. The first-order chi connectivity index (χ1) is 39.3. The fourth-order valence-electron chi connectivity index (χ4n) is 11.9. The van der Waals surface area contributed by atoms with Gasteiger partial charge in [-0.3, -0.25) is 8.47 Å². The molecule has 430 valence electrons. The average molecular weight is 1220 g/mol. The van der Waals surface area contributed by atoms with Crippen LogP contribution in [0.15, 0.2) is 113 Å². The number of fused-ring (bicyclic) bond motifs is 14. The summed E-state index contributed by atoms with van der Waals surface area (Å²) in [6.07, 6.45) is 4.29. The Bertz CT molecular complexity index is 3580. The van der Waals surface area contributed by atoms with Crippen LogP contribution in [0.1, 0.15) is 128 Å². The van der Waals surface area contributed by atoms with Gasteiger partial charge in [0.05, 0.1) is 10.9 Å². The summed E-state index contributed by atoms with van der Waals surface area (Å²) in [5, 5.41) is 2.97. The van der Waals surface area contributed by atoms with Crippen molar-refractivity contribution in [1.82, 2.24) is 8.47 Å². The van der Waals surface area contributed by atoms with Crippen molar-refractivity contribution in [1.29, 1.82) is 0 Å². The predicted molar refractivity (Wildman–Crippen MR) is 345 cm³/mol. The first-order valence-electron chi connectivity index (χ1n) is 29.5. The van der Waals surface area contributed by atoms with Gasteiger partial charge in [0, 0.05) is 45.7 Å². The number of benzene rings is 4. The van der Waals surface area contributed by atoms with Crippen molar-refractivity contribution >= 4 is 127 Å². The van der Waals surface area contributed by atoms with Crippen molar-refractivity contribution in [3.8, 4) is 0 Å². The fourth-order valence-corrected chi connectivity index (χ4v) is 31.1. The maximum Gasteiger partial charge on any atom is 0.582 e. The van der Waals surface area contributed by atoms with Crippen LogP contribution < -0.4 is 11.0 Å². The molecule has 6 aromatic rings. The largest absolute Gasteiger partial charge is 0.616 e. The van der Waals surface area contributed by atoms with Gasteiger partial charge in [0.25, 0.3) is 0 Å². The lowest BCUT2D eigenvalue weighted by atomic mass is 9.99. The molecule has 4 atom stereocenters. The third-order valence-corrected chi connectivity index (χ3v) is 38.0. The molecule has 4 aliphatic rings. The Morgan fingerprint density at radius 2 is 0.938 bits per heavy atom. The Morgan fingerprint density at radius 3 is 1.56 bits per heavy atom. The minimum atomic E-state index is -4.68. The molecule has 0 saturated heterocycles. The van der Waals surface area contributed by atoms with E-state index in [9.17, 15) is 13.7 Å². The van der Waals surface area contributed by atoms with Crippen LogP contribution in [0.5, 0.6) is 0 Å². The van der Waals surface area contributed by atoms with E-state index in [4.69, 9.17) is 38.2 Å².